The number of rotatable bonds is 6. The predicted octanol–water partition coefficient (Wildman–Crippen LogP) is 2.60. The maximum Gasteiger partial charge on any atom is 0.337 e. The molecule has 0 spiro atoms. The molecule has 1 aromatic carbocycles. The van der Waals surface area contributed by atoms with Crippen LogP contribution < -0.4 is 5.56 Å². The van der Waals surface area contributed by atoms with E-state index in [0.29, 0.717) is 28.2 Å². The number of hydrogen-bond acceptors (Lipinski definition) is 6. The summed E-state index contributed by atoms with van der Waals surface area (Å²) in [4.78, 5) is 28.8. The van der Waals surface area contributed by atoms with Crippen molar-refractivity contribution in [2.75, 3.05) is 12.9 Å². The van der Waals surface area contributed by atoms with E-state index in [0.717, 1.165) is 12.8 Å². The maximum absolute atomic E-state index is 12.7. The molecule has 2 aromatic rings. The van der Waals surface area contributed by atoms with Crippen molar-refractivity contribution < 1.29 is 9.53 Å². The Morgan fingerprint density at radius 2 is 2.26 bits per heavy atom. The number of carbonyl (C=O) groups is 1. The highest BCUT2D eigenvalue weighted by atomic mass is 32.2. The van der Waals surface area contributed by atoms with Crippen LogP contribution in [0.4, 0.5) is 0 Å². The Labute approximate surface area is 138 Å². The summed E-state index contributed by atoms with van der Waals surface area (Å²) in [5.41, 5.74) is 0.626. The summed E-state index contributed by atoms with van der Waals surface area (Å²) in [6.45, 7) is 2.61. The van der Waals surface area contributed by atoms with Crippen LogP contribution in [0.25, 0.3) is 10.9 Å². The number of methoxy groups -OCH3 is 1. The number of unbranched alkanes of at least 4 members (excludes halogenated alkanes) is 1. The van der Waals surface area contributed by atoms with Crippen molar-refractivity contribution in [2.45, 2.75) is 31.5 Å². The molecule has 0 atom stereocenters. The zero-order valence-corrected chi connectivity index (χ0v) is 13.9. The summed E-state index contributed by atoms with van der Waals surface area (Å²) in [7, 11) is 1.30. The molecular weight excluding hydrogens is 314 g/mol. The lowest BCUT2D eigenvalue weighted by Gasteiger charge is -2.12. The number of nitriles is 1. The minimum atomic E-state index is -0.477. The van der Waals surface area contributed by atoms with E-state index >= 15 is 0 Å². The van der Waals surface area contributed by atoms with Crippen molar-refractivity contribution in [3.8, 4) is 6.07 Å². The molecule has 23 heavy (non-hydrogen) atoms. The molecule has 120 valence electrons. The summed E-state index contributed by atoms with van der Waals surface area (Å²) in [6.07, 6.45) is 1.81. The van der Waals surface area contributed by atoms with Crippen LogP contribution in [0.2, 0.25) is 0 Å². The smallest absolute Gasteiger partial charge is 0.337 e. The Morgan fingerprint density at radius 1 is 1.48 bits per heavy atom. The summed E-state index contributed by atoms with van der Waals surface area (Å²) >= 11 is 1.22. The van der Waals surface area contributed by atoms with E-state index in [2.05, 4.69) is 9.72 Å². The third-order valence-corrected chi connectivity index (χ3v) is 4.19. The first-order chi connectivity index (χ1) is 11.1. The zero-order valence-electron chi connectivity index (χ0n) is 13.0. The van der Waals surface area contributed by atoms with Crippen molar-refractivity contribution in [1.29, 1.82) is 5.26 Å². The lowest BCUT2D eigenvalue weighted by molar-refractivity contribution is 0.0601. The first kappa shape index (κ1) is 17.0. The highest BCUT2D eigenvalue weighted by Gasteiger charge is 2.14. The van der Waals surface area contributed by atoms with Gasteiger partial charge in [0.15, 0.2) is 5.16 Å². The molecule has 1 aromatic heterocycles. The van der Waals surface area contributed by atoms with Crippen molar-refractivity contribution >= 4 is 28.6 Å². The second kappa shape index (κ2) is 7.79. The molecule has 0 fully saturated rings. The van der Waals surface area contributed by atoms with Crippen LogP contribution in [-0.4, -0.2) is 28.4 Å². The molecule has 0 bridgehead atoms. The fourth-order valence-corrected chi connectivity index (χ4v) is 2.85. The van der Waals surface area contributed by atoms with Crippen LogP contribution in [0.3, 0.4) is 0 Å². The lowest BCUT2D eigenvalue weighted by atomic mass is 10.1. The Balaban J connectivity index is 2.60. The maximum atomic E-state index is 12.7. The number of nitrogens with zero attached hydrogens (tertiary/aromatic N) is 3. The molecule has 6 nitrogen and oxygen atoms in total. The second-order valence-corrected chi connectivity index (χ2v) is 5.82. The van der Waals surface area contributed by atoms with Crippen LogP contribution in [0.1, 0.15) is 30.1 Å². The number of thioether (sulfide) groups is 1. The Morgan fingerprint density at radius 3 is 2.91 bits per heavy atom. The molecule has 0 unspecified atom stereocenters. The van der Waals surface area contributed by atoms with Crippen LogP contribution in [-0.2, 0) is 11.3 Å². The number of fused-ring (bicyclic) bond motifs is 1. The summed E-state index contributed by atoms with van der Waals surface area (Å²) in [6, 6.07) is 6.74. The predicted molar refractivity (Wildman–Crippen MR) is 88.6 cm³/mol. The first-order valence-corrected chi connectivity index (χ1v) is 8.23. The number of aromatic nitrogens is 2. The van der Waals surface area contributed by atoms with Crippen molar-refractivity contribution in [1.82, 2.24) is 9.55 Å². The Bertz CT molecular complexity index is 824. The second-order valence-electron chi connectivity index (χ2n) is 4.88. The van der Waals surface area contributed by atoms with Crippen LogP contribution in [0.5, 0.6) is 0 Å². The first-order valence-electron chi connectivity index (χ1n) is 7.25. The van der Waals surface area contributed by atoms with Gasteiger partial charge < -0.3 is 4.74 Å². The normalized spacial score (nSPS) is 10.5. The number of benzene rings is 1. The minimum Gasteiger partial charge on any atom is -0.465 e. The molecule has 7 heteroatoms. The lowest BCUT2D eigenvalue weighted by Crippen LogP contribution is -2.23. The van der Waals surface area contributed by atoms with Gasteiger partial charge in [-0.25, -0.2) is 9.78 Å². The molecule has 0 saturated heterocycles. The molecule has 1 heterocycles. The van der Waals surface area contributed by atoms with E-state index in [1.54, 1.807) is 22.8 Å². The van der Waals surface area contributed by atoms with Crippen LogP contribution in [0, 0.1) is 11.3 Å². The van der Waals surface area contributed by atoms with E-state index in [1.807, 2.05) is 13.0 Å². The van der Waals surface area contributed by atoms with Crippen molar-refractivity contribution in [3.63, 3.8) is 0 Å². The van der Waals surface area contributed by atoms with Gasteiger partial charge in [0.2, 0.25) is 0 Å². The van der Waals surface area contributed by atoms with Gasteiger partial charge in [0.25, 0.3) is 5.56 Å². The summed E-state index contributed by atoms with van der Waals surface area (Å²) < 4.78 is 6.29. The zero-order chi connectivity index (χ0) is 16.8. The standard InChI is InChI=1S/C16H17N3O3S/c1-3-4-8-19-14(20)12-6-5-11(15(21)22-2)10-13(12)18-16(19)23-9-7-17/h5-6,10H,3-4,8-9H2,1-2H3. The van der Waals surface area contributed by atoms with Gasteiger partial charge in [-0.15, -0.1) is 0 Å². The quantitative estimate of drug-likeness (QED) is 0.459. The van der Waals surface area contributed by atoms with Crippen LogP contribution >= 0.6 is 11.8 Å². The third-order valence-electron chi connectivity index (χ3n) is 3.34. The third kappa shape index (κ3) is 3.71. The van der Waals surface area contributed by atoms with Gasteiger partial charge >= 0.3 is 5.97 Å². The fourth-order valence-electron chi connectivity index (χ4n) is 2.17. The largest absolute Gasteiger partial charge is 0.465 e. The topological polar surface area (TPSA) is 85.0 Å². The minimum absolute atomic E-state index is 0.152. The molecule has 0 aliphatic carbocycles. The Kier molecular flexibility index (Phi) is 5.77. The van der Waals surface area contributed by atoms with Gasteiger partial charge in [-0.05, 0) is 24.6 Å². The molecule has 0 saturated carbocycles. The summed E-state index contributed by atoms with van der Waals surface area (Å²) in [5, 5.41) is 9.73. The van der Waals surface area contributed by atoms with Gasteiger partial charge in [0.05, 0.1) is 35.4 Å². The average Bonchev–Trinajstić information content (AvgIpc) is 2.58. The molecule has 0 aliphatic rings. The molecule has 0 N–H and O–H groups in total. The van der Waals surface area contributed by atoms with Gasteiger partial charge in [-0.1, -0.05) is 25.1 Å². The molecule has 2 rings (SSSR count). The van der Waals surface area contributed by atoms with Crippen molar-refractivity contribution in [2.24, 2.45) is 0 Å². The monoisotopic (exact) mass is 331 g/mol. The molecule has 0 aliphatic heterocycles. The summed E-state index contributed by atoms with van der Waals surface area (Å²) in [5.74, 6) is -0.268. The van der Waals surface area contributed by atoms with Gasteiger partial charge in [0, 0.05) is 6.54 Å². The number of ether oxygens (including phenoxy) is 1. The molecule has 0 amide bonds. The van der Waals surface area contributed by atoms with Gasteiger partial charge in [-0.2, -0.15) is 5.26 Å². The highest BCUT2D eigenvalue weighted by molar-refractivity contribution is 7.99. The van der Waals surface area contributed by atoms with E-state index < -0.39 is 5.97 Å². The molecule has 0 radical (unpaired) electrons. The van der Waals surface area contributed by atoms with Gasteiger partial charge in [-0.3, -0.25) is 9.36 Å². The van der Waals surface area contributed by atoms with Gasteiger partial charge in [0.1, 0.15) is 0 Å². The highest BCUT2D eigenvalue weighted by Crippen LogP contribution is 2.19. The number of esters is 1. The van der Waals surface area contributed by atoms with E-state index in [4.69, 9.17) is 5.26 Å². The number of hydrogen-bond donors (Lipinski definition) is 0. The fraction of sp³-hybridized carbons (Fsp3) is 0.375. The van der Waals surface area contributed by atoms with E-state index in [-0.39, 0.29) is 11.3 Å². The number of carbonyl (C=O) groups excluding carboxylic acids is 1. The average molecular weight is 331 g/mol. The SMILES string of the molecule is CCCCn1c(SCC#N)nc2cc(C(=O)OC)ccc2c1=O. The Hall–Kier alpha value is -2.33. The van der Waals surface area contributed by atoms with E-state index in [1.165, 1.54) is 18.9 Å². The molecular formula is C16H17N3O3S. The van der Waals surface area contributed by atoms with Crippen molar-refractivity contribution in [3.05, 3.63) is 34.1 Å². The van der Waals surface area contributed by atoms with E-state index in [9.17, 15) is 9.59 Å². The van der Waals surface area contributed by atoms with Crippen LogP contribution in [0.15, 0.2) is 28.2 Å².